The average Bonchev–Trinajstić information content (AvgIpc) is 2.49. The molecule has 0 atom stereocenters. The van der Waals surface area contributed by atoms with Crippen molar-refractivity contribution in [2.45, 2.75) is 0 Å². The number of nitrogens with one attached hydrogen (secondary N) is 2. The summed E-state index contributed by atoms with van der Waals surface area (Å²) in [5.74, 6) is -0.869. The number of carboxylic acids is 1. The van der Waals surface area contributed by atoms with Gasteiger partial charge in [-0.05, 0) is 0 Å². The molecule has 0 aliphatic carbocycles. The van der Waals surface area contributed by atoms with Crippen LogP contribution in [0.5, 0.6) is 0 Å². The highest BCUT2D eigenvalue weighted by molar-refractivity contribution is 5.89. The lowest BCUT2D eigenvalue weighted by Crippen LogP contribution is -2.33. The Kier molecular flexibility index (Phi) is 3.00. The standard InChI is InChI=1S/C6H9N5O3/c1-11-5(8-3-9-11)10-6(14)7-2-4(12)13/h3H,2H2,1H3,(H,12,13)(H2,7,8,9,10,14). The second kappa shape index (κ2) is 4.21. The Morgan fingerprint density at radius 3 is 2.86 bits per heavy atom. The summed E-state index contributed by atoms with van der Waals surface area (Å²) in [4.78, 5) is 24.8. The molecule has 0 aliphatic heterocycles. The van der Waals surface area contributed by atoms with Crippen molar-refractivity contribution in [3.63, 3.8) is 0 Å². The Hall–Kier alpha value is -2.12. The van der Waals surface area contributed by atoms with Crippen molar-refractivity contribution in [1.82, 2.24) is 20.1 Å². The summed E-state index contributed by atoms with van der Waals surface area (Å²) in [6.45, 7) is -0.441. The second-order valence-corrected chi connectivity index (χ2v) is 2.41. The van der Waals surface area contributed by atoms with Crippen LogP contribution in [0.3, 0.4) is 0 Å². The largest absolute Gasteiger partial charge is 0.480 e. The summed E-state index contributed by atoms with van der Waals surface area (Å²) in [5, 5.41) is 16.4. The number of carbonyl (C=O) groups is 2. The van der Waals surface area contributed by atoms with E-state index in [1.165, 1.54) is 11.0 Å². The van der Waals surface area contributed by atoms with Gasteiger partial charge in [0.1, 0.15) is 12.9 Å². The smallest absolute Gasteiger partial charge is 0.323 e. The number of carboxylic acid groups (broad SMARTS) is 1. The number of hydrogen-bond donors (Lipinski definition) is 3. The number of aromatic nitrogens is 3. The van der Waals surface area contributed by atoms with E-state index in [0.29, 0.717) is 0 Å². The number of nitrogens with zero attached hydrogens (tertiary/aromatic N) is 3. The SMILES string of the molecule is Cn1ncnc1NC(=O)NCC(=O)O. The Morgan fingerprint density at radius 1 is 1.64 bits per heavy atom. The normalized spacial score (nSPS) is 9.50. The zero-order valence-corrected chi connectivity index (χ0v) is 7.39. The molecule has 1 heterocycles. The monoisotopic (exact) mass is 199 g/mol. The Balaban J connectivity index is 2.42. The fourth-order valence-electron chi connectivity index (χ4n) is 0.711. The van der Waals surface area contributed by atoms with E-state index in [4.69, 9.17) is 5.11 Å². The Bertz CT molecular complexity index is 347. The highest BCUT2D eigenvalue weighted by atomic mass is 16.4. The van der Waals surface area contributed by atoms with E-state index in [-0.39, 0.29) is 5.95 Å². The van der Waals surface area contributed by atoms with E-state index < -0.39 is 18.5 Å². The van der Waals surface area contributed by atoms with Crippen molar-refractivity contribution in [3.05, 3.63) is 6.33 Å². The van der Waals surface area contributed by atoms with Crippen LogP contribution in [0.15, 0.2) is 6.33 Å². The van der Waals surface area contributed by atoms with Gasteiger partial charge in [-0.1, -0.05) is 0 Å². The first kappa shape index (κ1) is 9.96. The third-order valence-electron chi connectivity index (χ3n) is 1.34. The van der Waals surface area contributed by atoms with Crippen molar-refractivity contribution in [2.75, 3.05) is 11.9 Å². The highest BCUT2D eigenvalue weighted by Gasteiger charge is 2.06. The molecule has 0 unspecified atom stereocenters. The van der Waals surface area contributed by atoms with Gasteiger partial charge in [-0.2, -0.15) is 10.1 Å². The fraction of sp³-hybridized carbons (Fsp3) is 0.333. The summed E-state index contributed by atoms with van der Waals surface area (Å²) in [7, 11) is 1.60. The highest BCUT2D eigenvalue weighted by Crippen LogP contribution is 1.96. The molecule has 8 nitrogen and oxygen atoms in total. The van der Waals surface area contributed by atoms with Crippen molar-refractivity contribution in [3.8, 4) is 0 Å². The van der Waals surface area contributed by atoms with Crippen LogP contribution in [0.2, 0.25) is 0 Å². The fourth-order valence-corrected chi connectivity index (χ4v) is 0.711. The molecule has 14 heavy (non-hydrogen) atoms. The first-order chi connectivity index (χ1) is 6.59. The van der Waals surface area contributed by atoms with Crippen LogP contribution in [0, 0.1) is 0 Å². The first-order valence-electron chi connectivity index (χ1n) is 3.70. The van der Waals surface area contributed by atoms with Crippen LogP contribution < -0.4 is 10.6 Å². The first-order valence-corrected chi connectivity index (χ1v) is 3.70. The van der Waals surface area contributed by atoms with Gasteiger partial charge in [0.15, 0.2) is 0 Å². The van der Waals surface area contributed by atoms with Crippen molar-refractivity contribution >= 4 is 17.9 Å². The minimum atomic E-state index is -1.11. The summed E-state index contributed by atoms with van der Waals surface area (Å²) >= 11 is 0. The molecule has 0 fully saturated rings. The van der Waals surface area contributed by atoms with Gasteiger partial charge < -0.3 is 10.4 Å². The van der Waals surface area contributed by atoms with Gasteiger partial charge in [0.25, 0.3) is 0 Å². The number of rotatable bonds is 3. The van der Waals surface area contributed by atoms with Crippen LogP contribution in [0.4, 0.5) is 10.7 Å². The van der Waals surface area contributed by atoms with Crippen LogP contribution in [-0.4, -0.2) is 38.4 Å². The van der Waals surface area contributed by atoms with Crippen LogP contribution in [0.1, 0.15) is 0 Å². The lowest BCUT2D eigenvalue weighted by Gasteiger charge is -2.03. The second-order valence-electron chi connectivity index (χ2n) is 2.41. The molecule has 0 bridgehead atoms. The molecular formula is C6H9N5O3. The molecule has 1 rings (SSSR count). The Labute approximate surface area is 78.9 Å². The maximum absolute atomic E-state index is 11.0. The lowest BCUT2D eigenvalue weighted by molar-refractivity contribution is -0.135. The lowest BCUT2D eigenvalue weighted by atomic mass is 10.6. The van der Waals surface area contributed by atoms with E-state index in [1.807, 2.05) is 0 Å². The van der Waals surface area contributed by atoms with E-state index in [0.717, 1.165) is 0 Å². The van der Waals surface area contributed by atoms with Crippen LogP contribution >= 0.6 is 0 Å². The molecule has 0 saturated carbocycles. The van der Waals surface area contributed by atoms with Crippen molar-refractivity contribution in [1.29, 1.82) is 0 Å². The molecule has 0 aliphatic rings. The number of aryl methyl sites for hydroxylation is 1. The van der Waals surface area contributed by atoms with E-state index in [9.17, 15) is 9.59 Å². The van der Waals surface area contributed by atoms with Gasteiger partial charge in [0.2, 0.25) is 5.95 Å². The molecule has 0 saturated heterocycles. The zero-order valence-electron chi connectivity index (χ0n) is 7.39. The van der Waals surface area contributed by atoms with E-state index >= 15 is 0 Å². The maximum Gasteiger partial charge on any atom is 0.323 e. The number of hydrogen-bond acceptors (Lipinski definition) is 4. The molecule has 1 aromatic rings. The van der Waals surface area contributed by atoms with E-state index in [2.05, 4.69) is 20.7 Å². The minimum absolute atomic E-state index is 0.243. The molecule has 76 valence electrons. The molecule has 2 amide bonds. The van der Waals surface area contributed by atoms with Gasteiger partial charge in [0, 0.05) is 7.05 Å². The zero-order chi connectivity index (χ0) is 10.6. The summed E-state index contributed by atoms with van der Waals surface area (Å²) < 4.78 is 1.35. The number of amides is 2. The third-order valence-corrected chi connectivity index (χ3v) is 1.34. The number of carbonyl (C=O) groups excluding carboxylic acids is 1. The molecule has 0 radical (unpaired) electrons. The number of aliphatic carboxylic acids is 1. The summed E-state index contributed by atoms with van der Waals surface area (Å²) in [5.41, 5.74) is 0. The maximum atomic E-state index is 11.0. The van der Waals surface area contributed by atoms with E-state index in [1.54, 1.807) is 7.05 Å². The third kappa shape index (κ3) is 2.73. The van der Waals surface area contributed by atoms with Gasteiger partial charge in [-0.15, -0.1) is 0 Å². The van der Waals surface area contributed by atoms with Gasteiger partial charge in [-0.3, -0.25) is 10.1 Å². The molecular weight excluding hydrogens is 190 g/mol. The van der Waals surface area contributed by atoms with Crippen molar-refractivity contribution < 1.29 is 14.7 Å². The van der Waals surface area contributed by atoms with Gasteiger partial charge in [0.05, 0.1) is 0 Å². The van der Waals surface area contributed by atoms with Gasteiger partial charge in [-0.25, -0.2) is 9.48 Å². The molecule has 8 heteroatoms. The predicted molar refractivity (Wildman–Crippen MR) is 45.7 cm³/mol. The average molecular weight is 199 g/mol. The molecule has 0 spiro atoms. The summed E-state index contributed by atoms with van der Waals surface area (Å²) in [6, 6.07) is -0.636. The summed E-state index contributed by atoms with van der Waals surface area (Å²) in [6.07, 6.45) is 1.27. The van der Waals surface area contributed by atoms with Crippen LogP contribution in [0.25, 0.3) is 0 Å². The van der Waals surface area contributed by atoms with Crippen molar-refractivity contribution in [2.24, 2.45) is 7.05 Å². The molecule has 1 aromatic heterocycles. The molecule has 3 N–H and O–H groups in total. The number of anilines is 1. The van der Waals surface area contributed by atoms with Crippen LogP contribution in [-0.2, 0) is 11.8 Å². The minimum Gasteiger partial charge on any atom is -0.480 e. The topological polar surface area (TPSA) is 109 Å². The number of urea groups is 1. The Morgan fingerprint density at radius 2 is 2.36 bits per heavy atom. The molecule has 0 aromatic carbocycles. The quantitative estimate of drug-likeness (QED) is 0.579. The van der Waals surface area contributed by atoms with Gasteiger partial charge >= 0.3 is 12.0 Å². The predicted octanol–water partition coefficient (Wildman–Crippen LogP) is -0.979.